The lowest BCUT2D eigenvalue weighted by atomic mass is 10.0. The van der Waals surface area contributed by atoms with Crippen molar-refractivity contribution in [2.45, 2.75) is 46.8 Å². The smallest absolute Gasteiger partial charge is 0.0739 e. The molecule has 0 saturated carbocycles. The number of hydrogen-bond acceptors (Lipinski definition) is 2. The average molecular weight is 336 g/mol. The number of aromatic nitrogens is 2. The van der Waals surface area contributed by atoms with Gasteiger partial charge in [0.15, 0.2) is 0 Å². The fourth-order valence-corrected chi connectivity index (χ4v) is 2.89. The van der Waals surface area contributed by atoms with E-state index in [1.54, 1.807) is 0 Å². The number of nitrogens with one attached hydrogen (secondary N) is 1. The maximum atomic E-state index is 4.53. The SMILES string of the molecule is CCn1nc(C)c(Br)c1CN[C@H](C)c1ccccc1C. The zero-order valence-electron chi connectivity index (χ0n) is 12.6. The highest BCUT2D eigenvalue weighted by molar-refractivity contribution is 9.10. The molecule has 0 radical (unpaired) electrons. The van der Waals surface area contributed by atoms with Crippen LogP contribution in [-0.2, 0) is 13.1 Å². The van der Waals surface area contributed by atoms with Crippen LogP contribution >= 0.6 is 15.9 Å². The van der Waals surface area contributed by atoms with Crippen LogP contribution in [0.5, 0.6) is 0 Å². The summed E-state index contributed by atoms with van der Waals surface area (Å²) in [4.78, 5) is 0. The molecule has 0 saturated heterocycles. The predicted octanol–water partition coefficient (Wildman–Crippen LogP) is 4.13. The number of rotatable bonds is 5. The van der Waals surface area contributed by atoms with E-state index in [4.69, 9.17) is 0 Å². The van der Waals surface area contributed by atoms with E-state index < -0.39 is 0 Å². The number of aryl methyl sites for hydroxylation is 3. The molecule has 1 atom stereocenters. The van der Waals surface area contributed by atoms with E-state index in [0.717, 1.165) is 23.3 Å². The molecule has 0 aliphatic heterocycles. The summed E-state index contributed by atoms with van der Waals surface area (Å²) >= 11 is 3.64. The molecule has 0 unspecified atom stereocenters. The molecule has 0 aliphatic carbocycles. The molecule has 0 fully saturated rings. The van der Waals surface area contributed by atoms with E-state index in [9.17, 15) is 0 Å². The Kier molecular flexibility index (Phi) is 5.00. The van der Waals surface area contributed by atoms with E-state index >= 15 is 0 Å². The van der Waals surface area contributed by atoms with Crippen molar-refractivity contribution in [2.24, 2.45) is 0 Å². The molecule has 1 N–H and O–H groups in total. The van der Waals surface area contributed by atoms with Crippen LogP contribution in [0.4, 0.5) is 0 Å². The molecule has 108 valence electrons. The minimum atomic E-state index is 0.323. The predicted molar refractivity (Wildman–Crippen MR) is 86.8 cm³/mol. The number of nitrogens with zero attached hydrogens (tertiary/aromatic N) is 2. The summed E-state index contributed by atoms with van der Waals surface area (Å²) in [6, 6.07) is 8.84. The first-order valence-corrected chi connectivity index (χ1v) is 7.84. The van der Waals surface area contributed by atoms with Crippen LogP contribution in [0, 0.1) is 13.8 Å². The summed E-state index contributed by atoms with van der Waals surface area (Å²) in [5.74, 6) is 0. The van der Waals surface area contributed by atoms with Gasteiger partial charge in [-0.25, -0.2) is 0 Å². The summed E-state index contributed by atoms with van der Waals surface area (Å²) in [5.41, 5.74) is 4.94. The third-order valence-electron chi connectivity index (χ3n) is 3.68. The zero-order valence-corrected chi connectivity index (χ0v) is 14.2. The highest BCUT2D eigenvalue weighted by atomic mass is 79.9. The highest BCUT2D eigenvalue weighted by Gasteiger charge is 2.14. The van der Waals surface area contributed by atoms with E-state index in [-0.39, 0.29) is 0 Å². The summed E-state index contributed by atoms with van der Waals surface area (Å²) in [6.45, 7) is 10.2. The molecule has 0 amide bonds. The summed E-state index contributed by atoms with van der Waals surface area (Å²) in [7, 11) is 0. The number of halogens is 1. The maximum Gasteiger partial charge on any atom is 0.0739 e. The molecule has 20 heavy (non-hydrogen) atoms. The molecule has 1 aromatic carbocycles. The second-order valence-corrected chi connectivity index (χ2v) is 5.91. The fourth-order valence-electron chi connectivity index (χ4n) is 2.47. The van der Waals surface area contributed by atoms with Gasteiger partial charge in [-0.05, 0) is 54.8 Å². The van der Waals surface area contributed by atoms with Crippen molar-refractivity contribution >= 4 is 15.9 Å². The zero-order chi connectivity index (χ0) is 14.7. The van der Waals surface area contributed by atoms with Gasteiger partial charge >= 0.3 is 0 Å². The molecule has 2 rings (SSSR count). The molecule has 1 heterocycles. The Morgan fingerprint density at radius 2 is 2.00 bits per heavy atom. The van der Waals surface area contributed by atoms with Crippen LogP contribution in [0.15, 0.2) is 28.7 Å². The van der Waals surface area contributed by atoms with E-state index in [1.165, 1.54) is 16.8 Å². The number of benzene rings is 1. The van der Waals surface area contributed by atoms with Gasteiger partial charge in [0.05, 0.1) is 15.9 Å². The van der Waals surface area contributed by atoms with Crippen molar-refractivity contribution in [3.05, 3.63) is 51.3 Å². The normalized spacial score (nSPS) is 12.7. The maximum absolute atomic E-state index is 4.53. The Hall–Kier alpha value is -1.13. The van der Waals surface area contributed by atoms with Gasteiger partial charge in [0.2, 0.25) is 0 Å². The molecule has 1 aromatic heterocycles. The van der Waals surface area contributed by atoms with Gasteiger partial charge in [-0.15, -0.1) is 0 Å². The van der Waals surface area contributed by atoms with Crippen molar-refractivity contribution in [1.82, 2.24) is 15.1 Å². The van der Waals surface area contributed by atoms with E-state index in [0.29, 0.717) is 6.04 Å². The lowest BCUT2D eigenvalue weighted by Crippen LogP contribution is -2.21. The summed E-state index contributed by atoms with van der Waals surface area (Å²) < 4.78 is 3.17. The van der Waals surface area contributed by atoms with Crippen molar-refractivity contribution in [1.29, 1.82) is 0 Å². The molecule has 4 heteroatoms. The first-order valence-electron chi connectivity index (χ1n) is 7.05. The van der Waals surface area contributed by atoms with Crippen LogP contribution in [0.25, 0.3) is 0 Å². The van der Waals surface area contributed by atoms with E-state index in [2.05, 4.69) is 76.1 Å². The molecule has 0 aliphatic rings. The first-order chi connectivity index (χ1) is 9.54. The second-order valence-electron chi connectivity index (χ2n) is 5.12. The Morgan fingerprint density at radius 1 is 1.30 bits per heavy atom. The van der Waals surface area contributed by atoms with Gasteiger partial charge in [-0.1, -0.05) is 24.3 Å². The highest BCUT2D eigenvalue weighted by Crippen LogP contribution is 2.22. The summed E-state index contributed by atoms with van der Waals surface area (Å²) in [6.07, 6.45) is 0. The Balaban J connectivity index is 2.11. The quantitative estimate of drug-likeness (QED) is 0.890. The molecule has 0 bridgehead atoms. The van der Waals surface area contributed by atoms with Gasteiger partial charge in [0, 0.05) is 19.1 Å². The lowest BCUT2D eigenvalue weighted by molar-refractivity contribution is 0.528. The van der Waals surface area contributed by atoms with Gasteiger partial charge in [0.25, 0.3) is 0 Å². The van der Waals surface area contributed by atoms with E-state index in [1.807, 2.05) is 6.92 Å². The Morgan fingerprint density at radius 3 is 2.65 bits per heavy atom. The minimum Gasteiger partial charge on any atom is -0.305 e. The van der Waals surface area contributed by atoms with Crippen LogP contribution in [-0.4, -0.2) is 9.78 Å². The van der Waals surface area contributed by atoms with Crippen LogP contribution < -0.4 is 5.32 Å². The van der Waals surface area contributed by atoms with Crippen LogP contribution in [0.3, 0.4) is 0 Å². The lowest BCUT2D eigenvalue weighted by Gasteiger charge is -2.17. The Labute approximate surface area is 129 Å². The average Bonchev–Trinajstić information content (AvgIpc) is 2.72. The van der Waals surface area contributed by atoms with Gasteiger partial charge in [-0.2, -0.15) is 5.10 Å². The molecular weight excluding hydrogens is 314 g/mol. The third-order valence-corrected chi connectivity index (χ3v) is 4.71. The van der Waals surface area contributed by atoms with Gasteiger partial charge in [0.1, 0.15) is 0 Å². The second kappa shape index (κ2) is 6.55. The largest absolute Gasteiger partial charge is 0.305 e. The summed E-state index contributed by atoms with van der Waals surface area (Å²) in [5, 5.41) is 8.12. The molecule has 2 aromatic rings. The number of hydrogen-bond donors (Lipinski definition) is 1. The van der Waals surface area contributed by atoms with Crippen molar-refractivity contribution in [3.63, 3.8) is 0 Å². The van der Waals surface area contributed by atoms with Crippen LogP contribution in [0.2, 0.25) is 0 Å². The van der Waals surface area contributed by atoms with Crippen molar-refractivity contribution in [2.75, 3.05) is 0 Å². The van der Waals surface area contributed by atoms with Crippen molar-refractivity contribution in [3.8, 4) is 0 Å². The molecule has 0 spiro atoms. The fraction of sp³-hybridized carbons (Fsp3) is 0.438. The monoisotopic (exact) mass is 335 g/mol. The van der Waals surface area contributed by atoms with Crippen molar-refractivity contribution < 1.29 is 0 Å². The van der Waals surface area contributed by atoms with Crippen LogP contribution in [0.1, 0.15) is 42.4 Å². The van der Waals surface area contributed by atoms with Gasteiger partial charge < -0.3 is 5.32 Å². The minimum absolute atomic E-state index is 0.323. The molecular formula is C16H22BrN3. The standard InChI is InChI=1S/C16H22BrN3/c1-5-20-15(16(17)13(4)19-20)10-18-12(3)14-9-7-6-8-11(14)2/h6-9,12,18H,5,10H2,1-4H3/t12-/m1/s1. The molecule has 3 nitrogen and oxygen atoms in total. The topological polar surface area (TPSA) is 29.9 Å². The van der Waals surface area contributed by atoms with Gasteiger partial charge in [-0.3, -0.25) is 4.68 Å². The Bertz CT molecular complexity index is 589. The third kappa shape index (κ3) is 3.13. The first kappa shape index (κ1) is 15.3.